The molecule has 9 nitrogen and oxygen atoms in total. The number of aromatic amines is 1. The van der Waals surface area contributed by atoms with Crippen molar-refractivity contribution >= 4 is 11.0 Å². The van der Waals surface area contributed by atoms with Crippen molar-refractivity contribution < 1.29 is 27.2 Å². The molecule has 5 aromatic rings. The molecule has 36 heavy (non-hydrogen) atoms. The third-order valence-corrected chi connectivity index (χ3v) is 5.43. The maximum Gasteiger partial charge on any atom is 0.416 e. The van der Waals surface area contributed by atoms with E-state index in [-0.39, 0.29) is 34.1 Å². The third-order valence-electron chi connectivity index (χ3n) is 5.43. The Kier molecular flexibility index (Phi) is 5.94. The van der Waals surface area contributed by atoms with Crippen LogP contribution in [-0.2, 0) is 6.18 Å². The van der Waals surface area contributed by atoms with Crippen LogP contribution in [0.4, 0.5) is 17.6 Å². The summed E-state index contributed by atoms with van der Waals surface area (Å²) in [6, 6.07) is 8.71. The molecule has 13 heteroatoms. The molecule has 0 aliphatic rings. The van der Waals surface area contributed by atoms with E-state index in [0.717, 1.165) is 12.1 Å². The van der Waals surface area contributed by atoms with Crippen molar-refractivity contribution in [3.63, 3.8) is 0 Å². The summed E-state index contributed by atoms with van der Waals surface area (Å²) >= 11 is 0. The first-order chi connectivity index (χ1) is 17.2. The van der Waals surface area contributed by atoms with Gasteiger partial charge in [-0.05, 0) is 43.3 Å². The van der Waals surface area contributed by atoms with Gasteiger partial charge >= 0.3 is 6.18 Å². The van der Waals surface area contributed by atoms with Gasteiger partial charge in [0.05, 0.1) is 39.6 Å². The van der Waals surface area contributed by atoms with E-state index in [4.69, 9.17) is 4.52 Å². The minimum Gasteiger partial charge on any atom is -0.373 e. The quantitative estimate of drug-likeness (QED) is 0.176. The van der Waals surface area contributed by atoms with Crippen LogP contribution in [-0.4, -0.2) is 35.2 Å². The highest BCUT2D eigenvalue weighted by Gasteiger charge is 2.31. The number of rotatable bonds is 6. The number of hydrogen-bond acceptors (Lipinski definition) is 8. The lowest BCUT2D eigenvalue weighted by atomic mass is 10.1. The van der Waals surface area contributed by atoms with Crippen LogP contribution >= 0.6 is 0 Å². The van der Waals surface area contributed by atoms with E-state index in [2.05, 4.69) is 35.4 Å². The fourth-order valence-electron chi connectivity index (χ4n) is 3.56. The highest BCUT2D eigenvalue weighted by Crippen LogP contribution is 2.32. The maximum absolute atomic E-state index is 14.0. The smallest absolute Gasteiger partial charge is 0.373 e. The summed E-state index contributed by atoms with van der Waals surface area (Å²) in [5.74, 6) is -0.294. The zero-order chi connectivity index (χ0) is 25.4. The molecule has 4 aromatic heterocycles. The third kappa shape index (κ3) is 4.65. The number of H-pyrrole nitrogens is 1. The van der Waals surface area contributed by atoms with Gasteiger partial charge < -0.3 is 14.6 Å². The van der Waals surface area contributed by atoms with E-state index in [9.17, 15) is 22.7 Å². The molecular weight excluding hydrogens is 482 g/mol. The summed E-state index contributed by atoms with van der Waals surface area (Å²) in [6.07, 6.45) is -3.21. The molecule has 0 amide bonds. The second-order valence-corrected chi connectivity index (χ2v) is 7.89. The van der Waals surface area contributed by atoms with Gasteiger partial charge in [-0.1, -0.05) is 5.16 Å². The summed E-state index contributed by atoms with van der Waals surface area (Å²) in [6.45, 7) is 1.71. The van der Waals surface area contributed by atoms with Gasteiger partial charge in [0, 0.05) is 12.3 Å². The maximum atomic E-state index is 14.0. The van der Waals surface area contributed by atoms with Crippen LogP contribution in [0.1, 0.15) is 36.1 Å². The van der Waals surface area contributed by atoms with E-state index in [1.165, 1.54) is 30.7 Å². The number of aliphatic hydroxyl groups excluding tert-OH is 1. The van der Waals surface area contributed by atoms with Crippen LogP contribution in [0.3, 0.4) is 0 Å². The largest absolute Gasteiger partial charge is 0.416 e. The van der Waals surface area contributed by atoms with E-state index in [1.807, 2.05) is 0 Å². The fourth-order valence-corrected chi connectivity index (χ4v) is 3.56. The first-order valence-electron chi connectivity index (χ1n) is 10.6. The van der Waals surface area contributed by atoms with E-state index in [1.54, 1.807) is 19.1 Å². The Morgan fingerprint density at radius 3 is 2.67 bits per heavy atom. The Bertz CT molecular complexity index is 1530. The Morgan fingerprint density at radius 2 is 1.89 bits per heavy atom. The molecule has 0 spiro atoms. The zero-order valence-corrected chi connectivity index (χ0v) is 18.5. The van der Waals surface area contributed by atoms with Gasteiger partial charge in [-0.25, -0.2) is 19.9 Å². The molecule has 0 aliphatic carbocycles. The van der Waals surface area contributed by atoms with Crippen molar-refractivity contribution in [2.24, 2.45) is 0 Å². The number of benzene rings is 1. The molecular formula is C23H17F4N7O2. The molecule has 0 radical (unpaired) electrons. The SMILES string of the molecule is C[C@@H](NC(O)c1cc(-c2cccnc2F)ncn1)c1cc(-c2nc3ccc(C(F)(F)F)cc3[nH]2)on1. The number of pyridine rings is 1. The highest BCUT2D eigenvalue weighted by molar-refractivity contribution is 5.79. The van der Waals surface area contributed by atoms with Crippen LogP contribution in [0.25, 0.3) is 33.9 Å². The van der Waals surface area contributed by atoms with Crippen LogP contribution < -0.4 is 5.32 Å². The van der Waals surface area contributed by atoms with Crippen molar-refractivity contribution in [1.82, 2.24) is 35.4 Å². The number of halogens is 4. The molecule has 5 rings (SSSR count). The average molecular weight is 499 g/mol. The first kappa shape index (κ1) is 23.5. The van der Waals surface area contributed by atoms with Crippen LogP contribution in [0, 0.1) is 5.95 Å². The molecule has 184 valence electrons. The molecule has 0 saturated heterocycles. The fraction of sp³-hybridized carbons (Fsp3) is 0.174. The minimum absolute atomic E-state index is 0.163. The molecule has 0 fully saturated rings. The second-order valence-electron chi connectivity index (χ2n) is 7.89. The zero-order valence-electron chi connectivity index (χ0n) is 18.5. The second kappa shape index (κ2) is 9.09. The number of hydrogen-bond donors (Lipinski definition) is 3. The van der Waals surface area contributed by atoms with Crippen molar-refractivity contribution in [1.29, 1.82) is 0 Å². The van der Waals surface area contributed by atoms with E-state index >= 15 is 0 Å². The number of nitrogens with zero attached hydrogens (tertiary/aromatic N) is 5. The topological polar surface area (TPSA) is 126 Å². The predicted molar refractivity (Wildman–Crippen MR) is 118 cm³/mol. The lowest BCUT2D eigenvalue weighted by Gasteiger charge is -2.17. The van der Waals surface area contributed by atoms with Gasteiger partial charge in [-0.3, -0.25) is 5.32 Å². The van der Waals surface area contributed by atoms with Crippen LogP contribution in [0.15, 0.2) is 59.5 Å². The summed E-state index contributed by atoms with van der Waals surface area (Å²) in [4.78, 5) is 18.7. The Morgan fingerprint density at radius 1 is 1.06 bits per heavy atom. The van der Waals surface area contributed by atoms with E-state index < -0.39 is 30.0 Å². The van der Waals surface area contributed by atoms with Gasteiger partial charge in [-0.2, -0.15) is 17.6 Å². The number of aromatic nitrogens is 6. The van der Waals surface area contributed by atoms with Crippen LogP contribution in [0.5, 0.6) is 0 Å². The number of nitrogens with one attached hydrogen (secondary N) is 2. The Hall–Kier alpha value is -4.23. The summed E-state index contributed by atoms with van der Waals surface area (Å²) in [5.41, 5.74) is 0.738. The molecule has 4 heterocycles. The standard InChI is InChI=1S/C23H17F4N7O2/c1-11(31-22(35)18-8-16(29-10-30-18)13-3-2-6-28-20(13)24)15-9-19(36-34-15)21-32-14-5-4-12(23(25,26)27)7-17(14)33-21/h2-11,22,31,35H,1H3,(H,32,33)/t11-,22?/m1/s1. The van der Waals surface area contributed by atoms with Gasteiger partial charge in [0.2, 0.25) is 11.7 Å². The number of fused-ring (bicyclic) bond motifs is 1. The van der Waals surface area contributed by atoms with Gasteiger partial charge in [-0.15, -0.1) is 0 Å². The molecule has 0 bridgehead atoms. The van der Waals surface area contributed by atoms with Gasteiger partial charge in [0.25, 0.3) is 0 Å². The average Bonchev–Trinajstić information content (AvgIpc) is 3.51. The Balaban J connectivity index is 1.32. The van der Waals surface area contributed by atoms with Gasteiger partial charge in [0.15, 0.2) is 5.82 Å². The molecule has 0 aliphatic heterocycles. The highest BCUT2D eigenvalue weighted by atomic mass is 19.4. The molecule has 2 atom stereocenters. The normalized spacial score (nSPS) is 13.7. The van der Waals surface area contributed by atoms with Crippen molar-refractivity contribution in [2.45, 2.75) is 25.4 Å². The van der Waals surface area contributed by atoms with Crippen molar-refractivity contribution in [3.8, 4) is 22.8 Å². The number of alkyl halides is 3. The minimum atomic E-state index is -4.47. The van der Waals surface area contributed by atoms with Gasteiger partial charge in [0.1, 0.15) is 18.2 Å². The lowest BCUT2D eigenvalue weighted by molar-refractivity contribution is -0.137. The van der Waals surface area contributed by atoms with E-state index in [0.29, 0.717) is 11.2 Å². The monoisotopic (exact) mass is 499 g/mol. The summed E-state index contributed by atoms with van der Waals surface area (Å²) < 4.78 is 58.2. The van der Waals surface area contributed by atoms with Crippen LogP contribution in [0.2, 0.25) is 0 Å². The molecule has 3 N–H and O–H groups in total. The molecule has 1 unspecified atom stereocenters. The lowest BCUT2D eigenvalue weighted by Crippen LogP contribution is -2.25. The summed E-state index contributed by atoms with van der Waals surface area (Å²) in [5, 5.41) is 17.5. The molecule has 1 aromatic carbocycles. The summed E-state index contributed by atoms with van der Waals surface area (Å²) in [7, 11) is 0. The predicted octanol–water partition coefficient (Wildman–Crippen LogP) is 4.57. The van der Waals surface area contributed by atoms with Crippen molar-refractivity contribution in [2.75, 3.05) is 0 Å². The number of aliphatic hydroxyl groups is 1. The van der Waals surface area contributed by atoms with Crippen molar-refractivity contribution in [3.05, 3.63) is 77.9 Å². The Labute approximate surface area is 200 Å². The number of imidazole rings is 1. The first-order valence-corrected chi connectivity index (χ1v) is 10.6. The molecule has 0 saturated carbocycles.